The maximum atomic E-state index is 12.9. The molecule has 0 fully saturated rings. The van der Waals surface area contributed by atoms with Crippen molar-refractivity contribution in [2.75, 3.05) is 6.61 Å². The van der Waals surface area contributed by atoms with Crippen LogP contribution in [-0.2, 0) is 0 Å². The molecule has 1 rings (SSSR count). The number of nitrogens with zero attached hydrogens (tertiary/aromatic N) is 1. The van der Waals surface area contributed by atoms with Crippen LogP contribution in [-0.4, -0.2) is 11.5 Å². The molecular formula is C8H7F2NO3. The van der Waals surface area contributed by atoms with Crippen molar-refractivity contribution in [1.29, 1.82) is 0 Å². The van der Waals surface area contributed by atoms with Crippen LogP contribution in [0, 0.1) is 21.7 Å². The Morgan fingerprint density at radius 2 is 2.14 bits per heavy atom. The number of benzene rings is 1. The summed E-state index contributed by atoms with van der Waals surface area (Å²) >= 11 is 0. The highest BCUT2D eigenvalue weighted by atomic mass is 19.2. The molecule has 0 aliphatic rings. The van der Waals surface area contributed by atoms with E-state index in [2.05, 4.69) is 4.74 Å². The fourth-order valence-corrected chi connectivity index (χ4v) is 0.916. The third kappa shape index (κ3) is 1.95. The van der Waals surface area contributed by atoms with Crippen molar-refractivity contribution < 1.29 is 18.4 Å². The van der Waals surface area contributed by atoms with Gasteiger partial charge in [-0.1, -0.05) is 0 Å². The third-order valence-corrected chi connectivity index (χ3v) is 1.49. The summed E-state index contributed by atoms with van der Waals surface area (Å²) in [6.45, 7) is 1.67. The van der Waals surface area contributed by atoms with Gasteiger partial charge in [-0.05, 0) is 6.92 Å². The molecule has 1 aromatic carbocycles. The number of hydrogen-bond donors (Lipinski definition) is 0. The van der Waals surface area contributed by atoms with E-state index in [9.17, 15) is 18.9 Å². The van der Waals surface area contributed by atoms with E-state index in [1.165, 1.54) is 0 Å². The zero-order chi connectivity index (χ0) is 10.7. The summed E-state index contributed by atoms with van der Waals surface area (Å²) in [6.07, 6.45) is 0. The topological polar surface area (TPSA) is 52.4 Å². The first-order valence-electron chi connectivity index (χ1n) is 3.82. The Balaban J connectivity index is 3.20. The molecule has 0 aromatic heterocycles. The Kier molecular flexibility index (Phi) is 2.95. The molecule has 1 aromatic rings. The predicted octanol–water partition coefficient (Wildman–Crippen LogP) is 2.27. The molecule has 0 saturated carbocycles. The molecule has 0 saturated heterocycles. The van der Waals surface area contributed by atoms with Crippen molar-refractivity contribution in [3.63, 3.8) is 0 Å². The molecule has 0 heterocycles. The van der Waals surface area contributed by atoms with Crippen LogP contribution in [0.15, 0.2) is 12.1 Å². The fraction of sp³-hybridized carbons (Fsp3) is 0.250. The number of halogens is 2. The van der Waals surface area contributed by atoms with E-state index in [0.717, 1.165) is 6.07 Å². The standard InChI is InChI=1S/C8H7F2NO3/c1-2-14-7-4-5(11(12)13)3-6(9)8(7)10/h3-4H,2H2,1H3. The minimum Gasteiger partial charge on any atom is -0.490 e. The van der Waals surface area contributed by atoms with Gasteiger partial charge in [0.05, 0.1) is 23.7 Å². The number of nitro groups is 1. The van der Waals surface area contributed by atoms with Gasteiger partial charge in [0, 0.05) is 0 Å². The van der Waals surface area contributed by atoms with Crippen molar-refractivity contribution in [2.24, 2.45) is 0 Å². The molecule has 0 bridgehead atoms. The molecule has 0 atom stereocenters. The quantitative estimate of drug-likeness (QED) is 0.559. The van der Waals surface area contributed by atoms with Crippen LogP contribution in [0.2, 0.25) is 0 Å². The summed E-state index contributed by atoms with van der Waals surface area (Å²) in [7, 11) is 0. The number of ether oxygens (including phenoxy) is 1. The Morgan fingerprint density at radius 3 is 2.64 bits per heavy atom. The fourth-order valence-electron chi connectivity index (χ4n) is 0.916. The van der Waals surface area contributed by atoms with Crippen LogP contribution in [0.4, 0.5) is 14.5 Å². The van der Waals surface area contributed by atoms with Gasteiger partial charge < -0.3 is 4.74 Å². The van der Waals surface area contributed by atoms with E-state index in [1.54, 1.807) is 6.92 Å². The normalized spacial score (nSPS) is 9.93. The first kappa shape index (κ1) is 10.4. The molecule has 4 nitrogen and oxygen atoms in total. The Morgan fingerprint density at radius 1 is 1.50 bits per heavy atom. The lowest BCUT2D eigenvalue weighted by Gasteiger charge is -2.04. The van der Waals surface area contributed by atoms with Gasteiger partial charge in [-0.15, -0.1) is 0 Å². The maximum Gasteiger partial charge on any atom is 0.276 e. The number of hydrogen-bond acceptors (Lipinski definition) is 3. The van der Waals surface area contributed by atoms with Crippen LogP contribution in [0.1, 0.15) is 6.92 Å². The average Bonchev–Trinajstić information content (AvgIpc) is 2.12. The van der Waals surface area contributed by atoms with Gasteiger partial charge >= 0.3 is 0 Å². The highest BCUT2D eigenvalue weighted by molar-refractivity contribution is 5.40. The molecule has 0 aliphatic heterocycles. The average molecular weight is 203 g/mol. The SMILES string of the molecule is CCOc1cc([N+](=O)[O-])cc(F)c1F. The lowest BCUT2D eigenvalue weighted by molar-refractivity contribution is -0.385. The zero-order valence-electron chi connectivity index (χ0n) is 7.29. The van der Waals surface area contributed by atoms with Crippen molar-refractivity contribution in [1.82, 2.24) is 0 Å². The van der Waals surface area contributed by atoms with Crippen molar-refractivity contribution in [3.8, 4) is 5.75 Å². The molecule has 0 amide bonds. The van der Waals surface area contributed by atoms with Crippen LogP contribution in [0.3, 0.4) is 0 Å². The second-order valence-corrected chi connectivity index (χ2v) is 2.43. The minimum absolute atomic E-state index is 0.109. The van der Waals surface area contributed by atoms with Gasteiger partial charge in [0.15, 0.2) is 11.6 Å². The number of nitro benzene ring substituents is 1. The smallest absolute Gasteiger partial charge is 0.276 e. The molecule has 0 aliphatic carbocycles. The van der Waals surface area contributed by atoms with E-state index >= 15 is 0 Å². The van der Waals surface area contributed by atoms with E-state index in [1.807, 2.05) is 0 Å². The van der Waals surface area contributed by atoms with Gasteiger partial charge in [0.1, 0.15) is 0 Å². The number of non-ortho nitro benzene ring substituents is 1. The predicted molar refractivity (Wildman–Crippen MR) is 44.2 cm³/mol. The first-order valence-corrected chi connectivity index (χ1v) is 3.82. The summed E-state index contributed by atoms with van der Waals surface area (Å²) in [5, 5.41) is 10.3. The summed E-state index contributed by atoms with van der Waals surface area (Å²) in [5.74, 6) is -2.95. The van der Waals surface area contributed by atoms with Crippen LogP contribution in [0.5, 0.6) is 5.75 Å². The molecular weight excluding hydrogens is 196 g/mol. The summed E-state index contributed by atoms with van der Waals surface area (Å²) in [4.78, 5) is 9.47. The molecule has 6 heteroatoms. The molecule has 0 unspecified atom stereocenters. The highest BCUT2D eigenvalue weighted by Crippen LogP contribution is 2.26. The second-order valence-electron chi connectivity index (χ2n) is 2.43. The lowest BCUT2D eigenvalue weighted by atomic mass is 10.3. The molecule has 0 radical (unpaired) electrons. The van der Waals surface area contributed by atoms with Gasteiger partial charge in [-0.3, -0.25) is 10.1 Å². The molecule has 14 heavy (non-hydrogen) atoms. The van der Waals surface area contributed by atoms with Gasteiger partial charge in [0.2, 0.25) is 5.82 Å². The maximum absolute atomic E-state index is 12.9. The second kappa shape index (κ2) is 3.99. The summed E-state index contributed by atoms with van der Waals surface area (Å²) in [6, 6.07) is 1.36. The molecule has 76 valence electrons. The van der Waals surface area contributed by atoms with E-state index in [0.29, 0.717) is 6.07 Å². The van der Waals surface area contributed by atoms with Crippen molar-refractivity contribution >= 4 is 5.69 Å². The Bertz CT molecular complexity index is 368. The number of rotatable bonds is 3. The first-order chi connectivity index (χ1) is 6.56. The Hall–Kier alpha value is -1.72. The van der Waals surface area contributed by atoms with Gasteiger partial charge in [-0.25, -0.2) is 4.39 Å². The molecule has 0 N–H and O–H groups in total. The van der Waals surface area contributed by atoms with Gasteiger partial charge in [-0.2, -0.15) is 4.39 Å². The Labute approximate surface area is 78.3 Å². The van der Waals surface area contributed by atoms with Crippen molar-refractivity contribution in [2.45, 2.75) is 6.92 Å². The van der Waals surface area contributed by atoms with E-state index in [4.69, 9.17) is 0 Å². The summed E-state index contributed by atoms with van der Waals surface area (Å²) < 4.78 is 30.4. The van der Waals surface area contributed by atoms with E-state index < -0.39 is 28.0 Å². The summed E-state index contributed by atoms with van der Waals surface area (Å²) in [5.41, 5.74) is -0.535. The van der Waals surface area contributed by atoms with Crippen LogP contribution >= 0.6 is 0 Å². The minimum atomic E-state index is -1.29. The van der Waals surface area contributed by atoms with Crippen LogP contribution in [0.25, 0.3) is 0 Å². The molecule has 0 spiro atoms. The highest BCUT2D eigenvalue weighted by Gasteiger charge is 2.17. The van der Waals surface area contributed by atoms with Gasteiger partial charge in [0.25, 0.3) is 5.69 Å². The van der Waals surface area contributed by atoms with Crippen LogP contribution < -0.4 is 4.74 Å². The van der Waals surface area contributed by atoms with E-state index in [-0.39, 0.29) is 6.61 Å². The third-order valence-electron chi connectivity index (χ3n) is 1.49. The van der Waals surface area contributed by atoms with Crippen molar-refractivity contribution in [3.05, 3.63) is 33.9 Å². The monoisotopic (exact) mass is 203 g/mol. The largest absolute Gasteiger partial charge is 0.490 e. The zero-order valence-corrected chi connectivity index (χ0v) is 7.29. The lowest BCUT2D eigenvalue weighted by Crippen LogP contribution is -1.99.